The number of piperazine rings is 1. The summed E-state index contributed by atoms with van der Waals surface area (Å²) in [5.41, 5.74) is 1.50. The minimum atomic E-state index is -0.749. The van der Waals surface area contributed by atoms with E-state index in [2.05, 4.69) is 20.4 Å². The van der Waals surface area contributed by atoms with Gasteiger partial charge in [-0.1, -0.05) is 0 Å². The molecule has 10 heteroatoms. The highest BCUT2D eigenvalue weighted by molar-refractivity contribution is 6.22. The molecular weight excluding hydrogens is 400 g/mol. The fourth-order valence-electron chi connectivity index (χ4n) is 4.91. The van der Waals surface area contributed by atoms with Gasteiger partial charge in [0.1, 0.15) is 0 Å². The van der Waals surface area contributed by atoms with Gasteiger partial charge < -0.3 is 10.2 Å². The molecule has 0 unspecified atom stereocenters. The molecule has 164 valence electrons. The Balaban J connectivity index is 1.29. The third kappa shape index (κ3) is 3.55. The average Bonchev–Trinajstić information content (AvgIpc) is 3.04. The Kier molecular flexibility index (Phi) is 5.11. The zero-order chi connectivity index (χ0) is 21.5. The standard InChI is InChI=1S/C21H26N6O4/c28-18-5-10-26(21(31)23-18)27-19(29)16-2-1-15(13-17(16)20(27)30)24-8-3-14(4-9-24)25-11-6-22-7-12-25/h1-2,13-14,22H,3-12H2,(H,23,28,31). The first kappa shape index (κ1) is 20.0. The molecule has 0 saturated carbocycles. The van der Waals surface area contributed by atoms with Crippen molar-refractivity contribution in [3.8, 4) is 0 Å². The van der Waals surface area contributed by atoms with Gasteiger partial charge in [0.15, 0.2) is 0 Å². The first-order chi connectivity index (χ1) is 15.0. The van der Waals surface area contributed by atoms with Gasteiger partial charge in [0, 0.05) is 57.4 Å². The van der Waals surface area contributed by atoms with Crippen molar-refractivity contribution in [2.45, 2.75) is 25.3 Å². The van der Waals surface area contributed by atoms with Gasteiger partial charge in [-0.05, 0) is 31.0 Å². The predicted molar refractivity (Wildman–Crippen MR) is 111 cm³/mol. The number of fused-ring (bicyclic) bond motifs is 1. The number of benzene rings is 1. The summed E-state index contributed by atoms with van der Waals surface area (Å²) in [6.07, 6.45) is 2.18. The summed E-state index contributed by atoms with van der Waals surface area (Å²) in [6.45, 7) is 6.06. The molecule has 0 radical (unpaired) electrons. The van der Waals surface area contributed by atoms with Crippen molar-refractivity contribution in [3.05, 3.63) is 29.3 Å². The number of hydrogen-bond donors (Lipinski definition) is 2. The van der Waals surface area contributed by atoms with Crippen molar-refractivity contribution in [2.75, 3.05) is 50.7 Å². The van der Waals surface area contributed by atoms with E-state index < -0.39 is 23.8 Å². The third-order valence-electron chi connectivity index (χ3n) is 6.62. The van der Waals surface area contributed by atoms with Crippen LogP contribution in [0.15, 0.2) is 18.2 Å². The molecule has 1 aromatic carbocycles. The molecule has 4 aliphatic rings. The van der Waals surface area contributed by atoms with Gasteiger partial charge in [0.25, 0.3) is 11.8 Å². The number of imide groups is 2. The second-order valence-corrected chi connectivity index (χ2v) is 8.38. The molecule has 31 heavy (non-hydrogen) atoms. The van der Waals surface area contributed by atoms with E-state index in [4.69, 9.17) is 0 Å². The summed E-state index contributed by atoms with van der Waals surface area (Å²) >= 11 is 0. The van der Waals surface area contributed by atoms with Gasteiger partial charge in [0.05, 0.1) is 17.7 Å². The van der Waals surface area contributed by atoms with Gasteiger partial charge in [-0.2, -0.15) is 5.01 Å². The molecule has 5 amide bonds. The van der Waals surface area contributed by atoms with Gasteiger partial charge in [-0.3, -0.25) is 24.6 Å². The summed E-state index contributed by atoms with van der Waals surface area (Å²) in [4.78, 5) is 54.2. The Morgan fingerprint density at radius 1 is 0.839 bits per heavy atom. The second-order valence-electron chi connectivity index (χ2n) is 8.38. The lowest BCUT2D eigenvalue weighted by atomic mass is 10.0. The molecule has 0 atom stereocenters. The molecule has 3 saturated heterocycles. The van der Waals surface area contributed by atoms with E-state index in [1.807, 2.05) is 6.07 Å². The molecule has 10 nitrogen and oxygen atoms in total. The van der Waals surface area contributed by atoms with Crippen LogP contribution in [-0.2, 0) is 4.79 Å². The number of carbonyl (C=O) groups is 4. The predicted octanol–water partition coefficient (Wildman–Crippen LogP) is 0.0135. The maximum atomic E-state index is 13.0. The van der Waals surface area contributed by atoms with Crippen LogP contribution in [0.2, 0.25) is 0 Å². The van der Waals surface area contributed by atoms with E-state index in [9.17, 15) is 19.2 Å². The number of urea groups is 1. The molecule has 4 aliphatic heterocycles. The van der Waals surface area contributed by atoms with E-state index in [1.165, 1.54) is 0 Å². The normalized spacial score (nSPS) is 23.4. The molecule has 4 heterocycles. The minimum Gasteiger partial charge on any atom is -0.371 e. The Hall–Kier alpha value is -2.98. The molecule has 0 aliphatic carbocycles. The van der Waals surface area contributed by atoms with Gasteiger partial charge in [-0.25, -0.2) is 9.80 Å². The van der Waals surface area contributed by atoms with E-state index in [1.54, 1.807) is 12.1 Å². The van der Waals surface area contributed by atoms with Crippen molar-refractivity contribution in [3.63, 3.8) is 0 Å². The van der Waals surface area contributed by atoms with Crippen molar-refractivity contribution >= 4 is 29.4 Å². The molecule has 3 fully saturated rings. The summed E-state index contributed by atoms with van der Waals surface area (Å²) in [5.74, 6) is -1.47. The van der Waals surface area contributed by atoms with Crippen LogP contribution < -0.4 is 15.5 Å². The van der Waals surface area contributed by atoms with Crippen molar-refractivity contribution in [1.29, 1.82) is 0 Å². The van der Waals surface area contributed by atoms with Crippen LogP contribution in [0.1, 0.15) is 40.0 Å². The number of amides is 5. The van der Waals surface area contributed by atoms with Crippen molar-refractivity contribution in [2.24, 2.45) is 0 Å². The van der Waals surface area contributed by atoms with Crippen LogP contribution >= 0.6 is 0 Å². The zero-order valence-electron chi connectivity index (χ0n) is 17.3. The fourth-order valence-corrected chi connectivity index (χ4v) is 4.91. The summed E-state index contributed by atoms with van der Waals surface area (Å²) in [6, 6.07) is 5.14. The monoisotopic (exact) mass is 426 g/mol. The largest absolute Gasteiger partial charge is 0.371 e. The SMILES string of the molecule is O=C1CCN(N2C(=O)c3ccc(N4CCC(N5CCNCC5)CC4)cc3C2=O)C(=O)N1. The van der Waals surface area contributed by atoms with Gasteiger partial charge >= 0.3 is 6.03 Å². The highest BCUT2D eigenvalue weighted by Crippen LogP contribution is 2.31. The van der Waals surface area contributed by atoms with Crippen LogP contribution in [0, 0.1) is 0 Å². The number of nitrogens with zero attached hydrogens (tertiary/aromatic N) is 4. The summed E-state index contributed by atoms with van der Waals surface area (Å²) in [7, 11) is 0. The quantitative estimate of drug-likeness (QED) is 0.656. The Morgan fingerprint density at radius 3 is 2.26 bits per heavy atom. The van der Waals surface area contributed by atoms with E-state index in [0.29, 0.717) is 11.6 Å². The first-order valence-electron chi connectivity index (χ1n) is 10.9. The van der Waals surface area contributed by atoms with Crippen molar-refractivity contribution < 1.29 is 19.2 Å². The lowest BCUT2D eigenvalue weighted by Gasteiger charge is -2.41. The summed E-state index contributed by atoms with van der Waals surface area (Å²) in [5, 5.41) is 7.42. The number of hydrazine groups is 1. The third-order valence-corrected chi connectivity index (χ3v) is 6.62. The molecule has 0 spiro atoms. The van der Waals surface area contributed by atoms with Gasteiger partial charge in [0.2, 0.25) is 5.91 Å². The topological polar surface area (TPSA) is 105 Å². The van der Waals surface area contributed by atoms with Crippen molar-refractivity contribution in [1.82, 2.24) is 25.6 Å². The maximum absolute atomic E-state index is 13.0. The second kappa shape index (κ2) is 7.93. The van der Waals surface area contributed by atoms with E-state index >= 15 is 0 Å². The van der Waals surface area contributed by atoms with E-state index in [0.717, 1.165) is 67.8 Å². The smallest absolute Gasteiger partial charge is 0.343 e. The van der Waals surface area contributed by atoms with Crippen LogP contribution in [0.4, 0.5) is 10.5 Å². The Labute approximate surface area is 180 Å². The van der Waals surface area contributed by atoms with Gasteiger partial charge in [-0.15, -0.1) is 0 Å². The molecule has 1 aromatic rings. The Morgan fingerprint density at radius 2 is 1.55 bits per heavy atom. The number of nitrogens with one attached hydrogen (secondary N) is 2. The number of piperidine rings is 1. The highest BCUT2D eigenvalue weighted by atomic mass is 16.2. The number of anilines is 1. The first-order valence-corrected chi connectivity index (χ1v) is 10.9. The van der Waals surface area contributed by atoms with Crippen LogP contribution in [0.25, 0.3) is 0 Å². The molecule has 2 N–H and O–H groups in total. The maximum Gasteiger partial charge on any atom is 0.343 e. The number of rotatable bonds is 3. The lowest BCUT2D eigenvalue weighted by Crippen LogP contribution is -2.58. The molecule has 0 bridgehead atoms. The molecular formula is C21H26N6O4. The zero-order valence-corrected chi connectivity index (χ0v) is 17.3. The highest BCUT2D eigenvalue weighted by Gasteiger charge is 2.43. The fraction of sp³-hybridized carbons (Fsp3) is 0.524. The van der Waals surface area contributed by atoms with E-state index in [-0.39, 0.29) is 18.5 Å². The van der Waals surface area contributed by atoms with Crippen LogP contribution in [0.3, 0.4) is 0 Å². The minimum absolute atomic E-state index is 0.00251. The average molecular weight is 426 g/mol. The molecule has 5 rings (SSSR count). The number of hydrogen-bond acceptors (Lipinski definition) is 7. The molecule has 0 aromatic heterocycles. The number of carbonyl (C=O) groups excluding carboxylic acids is 4. The summed E-state index contributed by atoms with van der Waals surface area (Å²) < 4.78 is 0. The van der Waals surface area contributed by atoms with Crippen LogP contribution in [0.5, 0.6) is 0 Å². The van der Waals surface area contributed by atoms with Crippen LogP contribution in [-0.4, -0.2) is 90.5 Å². The Bertz CT molecular complexity index is 936. The lowest BCUT2D eigenvalue weighted by molar-refractivity contribution is -0.122.